The molecule has 136 valence electrons. The van der Waals surface area contributed by atoms with Crippen LogP contribution >= 0.6 is 0 Å². The highest BCUT2D eigenvalue weighted by molar-refractivity contribution is 6.05. The molecule has 0 bridgehead atoms. The van der Waals surface area contributed by atoms with Gasteiger partial charge in [-0.25, -0.2) is 0 Å². The van der Waals surface area contributed by atoms with Crippen molar-refractivity contribution in [2.24, 2.45) is 0 Å². The number of hydrogen-bond acceptors (Lipinski definition) is 6. The Kier molecular flexibility index (Phi) is 4.49. The molecule has 2 heterocycles. The van der Waals surface area contributed by atoms with Crippen LogP contribution in [0.2, 0.25) is 0 Å². The molecule has 7 nitrogen and oxygen atoms in total. The molecular formula is C20H17N3O4. The minimum absolute atomic E-state index is 0.221. The molecule has 7 heteroatoms. The molecule has 1 amide bonds. The highest BCUT2D eigenvalue weighted by atomic mass is 16.7. The first-order valence-corrected chi connectivity index (χ1v) is 8.29. The van der Waals surface area contributed by atoms with Crippen molar-refractivity contribution >= 4 is 23.0 Å². The maximum atomic E-state index is 12.6. The van der Waals surface area contributed by atoms with Gasteiger partial charge in [-0.1, -0.05) is 12.1 Å². The van der Waals surface area contributed by atoms with E-state index in [4.69, 9.17) is 14.2 Å². The fraction of sp³-hybridized carbons (Fsp3) is 0.100. The number of para-hydroxylation sites is 2. The first-order valence-electron chi connectivity index (χ1n) is 8.29. The normalized spacial score (nSPS) is 11.7. The van der Waals surface area contributed by atoms with E-state index in [0.29, 0.717) is 34.2 Å². The summed E-state index contributed by atoms with van der Waals surface area (Å²) in [7, 11) is 1.56. The van der Waals surface area contributed by atoms with Crippen LogP contribution < -0.4 is 24.8 Å². The zero-order chi connectivity index (χ0) is 18.6. The van der Waals surface area contributed by atoms with Gasteiger partial charge in [0.05, 0.1) is 30.2 Å². The number of benzene rings is 2. The Morgan fingerprint density at radius 2 is 1.89 bits per heavy atom. The summed E-state index contributed by atoms with van der Waals surface area (Å²) in [6.45, 7) is 0.221. The third-order valence-corrected chi connectivity index (χ3v) is 4.02. The number of methoxy groups -OCH3 is 1. The third kappa shape index (κ3) is 3.62. The van der Waals surface area contributed by atoms with E-state index in [1.807, 2.05) is 30.3 Å². The Balaban J connectivity index is 1.51. The van der Waals surface area contributed by atoms with E-state index < -0.39 is 0 Å². The van der Waals surface area contributed by atoms with Gasteiger partial charge < -0.3 is 24.8 Å². The monoisotopic (exact) mass is 363 g/mol. The van der Waals surface area contributed by atoms with Crippen molar-refractivity contribution in [3.8, 4) is 17.2 Å². The van der Waals surface area contributed by atoms with Crippen molar-refractivity contribution in [1.29, 1.82) is 0 Å². The second-order valence-corrected chi connectivity index (χ2v) is 5.81. The smallest absolute Gasteiger partial charge is 0.257 e. The predicted molar refractivity (Wildman–Crippen MR) is 101 cm³/mol. The zero-order valence-electron chi connectivity index (χ0n) is 14.6. The van der Waals surface area contributed by atoms with E-state index in [-0.39, 0.29) is 12.7 Å². The summed E-state index contributed by atoms with van der Waals surface area (Å²) in [5.74, 6) is 1.71. The van der Waals surface area contributed by atoms with Gasteiger partial charge in [0.1, 0.15) is 5.75 Å². The van der Waals surface area contributed by atoms with E-state index >= 15 is 0 Å². The van der Waals surface area contributed by atoms with E-state index in [1.165, 1.54) is 6.20 Å². The van der Waals surface area contributed by atoms with Gasteiger partial charge in [-0.2, -0.15) is 0 Å². The minimum atomic E-state index is -0.277. The molecule has 1 aliphatic heterocycles. The average molecular weight is 363 g/mol. The van der Waals surface area contributed by atoms with Gasteiger partial charge in [0.25, 0.3) is 5.91 Å². The molecule has 0 spiro atoms. The van der Waals surface area contributed by atoms with Crippen LogP contribution in [0.4, 0.5) is 17.1 Å². The first-order chi connectivity index (χ1) is 13.2. The number of hydrogen-bond donors (Lipinski definition) is 2. The highest BCUT2D eigenvalue weighted by Crippen LogP contribution is 2.35. The van der Waals surface area contributed by atoms with Crippen LogP contribution in [-0.2, 0) is 0 Å². The fourth-order valence-corrected chi connectivity index (χ4v) is 2.72. The molecule has 0 unspecified atom stereocenters. The molecule has 3 aromatic rings. The Bertz CT molecular complexity index is 990. The molecule has 0 atom stereocenters. The first kappa shape index (κ1) is 16.7. The van der Waals surface area contributed by atoms with Crippen LogP contribution in [0, 0.1) is 0 Å². The average Bonchev–Trinajstić information content (AvgIpc) is 3.16. The van der Waals surface area contributed by atoms with Gasteiger partial charge >= 0.3 is 0 Å². The Morgan fingerprint density at radius 1 is 1.04 bits per heavy atom. The summed E-state index contributed by atoms with van der Waals surface area (Å²) in [6, 6.07) is 14.5. The lowest BCUT2D eigenvalue weighted by Gasteiger charge is -2.11. The quantitative estimate of drug-likeness (QED) is 0.717. The summed E-state index contributed by atoms with van der Waals surface area (Å²) in [6.07, 6.45) is 3.15. The number of rotatable bonds is 5. The van der Waals surface area contributed by atoms with Gasteiger partial charge in [0.15, 0.2) is 11.5 Å². The van der Waals surface area contributed by atoms with Crippen LogP contribution in [0.5, 0.6) is 17.2 Å². The zero-order valence-corrected chi connectivity index (χ0v) is 14.6. The number of fused-ring (bicyclic) bond motifs is 1. The molecular weight excluding hydrogens is 346 g/mol. The maximum Gasteiger partial charge on any atom is 0.257 e. The lowest BCUT2D eigenvalue weighted by Crippen LogP contribution is -2.13. The number of anilines is 3. The Labute approximate surface area is 155 Å². The van der Waals surface area contributed by atoms with Crippen molar-refractivity contribution < 1.29 is 19.0 Å². The molecule has 2 aromatic carbocycles. The lowest BCUT2D eigenvalue weighted by atomic mass is 10.2. The van der Waals surface area contributed by atoms with E-state index in [0.717, 1.165) is 5.69 Å². The number of carbonyl (C=O) groups is 1. The van der Waals surface area contributed by atoms with Crippen molar-refractivity contribution in [2.75, 3.05) is 24.5 Å². The van der Waals surface area contributed by atoms with Crippen molar-refractivity contribution in [1.82, 2.24) is 4.98 Å². The number of amides is 1. The lowest BCUT2D eigenvalue weighted by molar-refractivity contribution is 0.102. The SMILES string of the molecule is COc1ccccc1NC(=O)c1cncc(Nc2ccc3c(c2)OCO3)c1. The number of carbonyl (C=O) groups excluding carboxylic acids is 1. The molecule has 1 aliphatic rings. The van der Waals surface area contributed by atoms with Crippen molar-refractivity contribution in [3.05, 3.63) is 66.5 Å². The summed E-state index contributed by atoms with van der Waals surface area (Å²) in [5.41, 5.74) is 2.51. The number of pyridine rings is 1. The van der Waals surface area contributed by atoms with E-state index in [9.17, 15) is 4.79 Å². The van der Waals surface area contributed by atoms with Crippen LogP contribution in [0.25, 0.3) is 0 Å². The molecule has 0 fully saturated rings. The van der Waals surface area contributed by atoms with Gasteiger partial charge in [-0.3, -0.25) is 9.78 Å². The standard InChI is InChI=1S/C20H17N3O4/c1-25-17-5-3-2-4-16(17)23-20(24)13-8-15(11-21-10-13)22-14-6-7-18-19(9-14)27-12-26-18/h2-11,22H,12H2,1H3,(H,23,24). The molecule has 0 saturated heterocycles. The fourth-order valence-electron chi connectivity index (χ4n) is 2.72. The van der Waals surface area contributed by atoms with Gasteiger partial charge in [0, 0.05) is 18.0 Å². The third-order valence-electron chi connectivity index (χ3n) is 4.02. The minimum Gasteiger partial charge on any atom is -0.495 e. The highest BCUT2D eigenvalue weighted by Gasteiger charge is 2.14. The summed E-state index contributed by atoms with van der Waals surface area (Å²) >= 11 is 0. The Morgan fingerprint density at radius 3 is 2.78 bits per heavy atom. The summed E-state index contributed by atoms with van der Waals surface area (Å²) in [4.78, 5) is 16.7. The second-order valence-electron chi connectivity index (χ2n) is 5.81. The molecule has 1 aromatic heterocycles. The van der Waals surface area contributed by atoms with Crippen LogP contribution in [-0.4, -0.2) is 24.8 Å². The molecule has 2 N–H and O–H groups in total. The number of aromatic nitrogens is 1. The predicted octanol–water partition coefficient (Wildman–Crippen LogP) is 3.81. The molecule has 0 radical (unpaired) electrons. The topological polar surface area (TPSA) is 81.7 Å². The summed E-state index contributed by atoms with van der Waals surface area (Å²) < 4.78 is 15.9. The maximum absolute atomic E-state index is 12.6. The van der Waals surface area contributed by atoms with Crippen molar-refractivity contribution in [3.63, 3.8) is 0 Å². The molecule has 0 saturated carbocycles. The van der Waals surface area contributed by atoms with Gasteiger partial charge in [0.2, 0.25) is 6.79 Å². The summed E-state index contributed by atoms with van der Waals surface area (Å²) in [5, 5.41) is 6.05. The van der Waals surface area contributed by atoms with Gasteiger partial charge in [-0.15, -0.1) is 0 Å². The Hall–Kier alpha value is -3.74. The van der Waals surface area contributed by atoms with Crippen LogP contribution in [0.15, 0.2) is 60.9 Å². The molecule has 4 rings (SSSR count). The number of nitrogens with one attached hydrogen (secondary N) is 2. The number of ether oxygens (including phenoxy) is 3. The van der Waals surface area contributed by atoms with Crippen LogP contribution in [0.3, 0.4) is 0 Å². The second kappa shape index (κ2) is 7.25. The van der Waals surface area contributed by atoms with E-state index in [2.05, 4.69) is 15.6 Å². The van der Waals surface area contributed by atoms with Crippen LogP contribution in [0.1, 0.15) is 10.4 Å². The number of nitrogens with zero attached hydrogens (tertiary/aromatic N) is 1. The van der Waals surface area contributed by atoms with E-state index in [1.54, 1.807) is 31.5 Å². The molecule has 27 heavy (non-hydrogen) atoms. The van der Waals surface area contributed by atoms with Crippen molar-refractivity contribution in [2.45, 2.75) is 0 Å². The molecule has 0 aliphatic carbocycles. The largest absolute Gasteiger partial charge is 0.495 e. The van der Waals surface area contributed by atoms with Gasteiger partial charge in [-0.05, 0) is 30.3 Å².